The molecule has 0 bridgehead atoms. The number of hydrogen-bond acceptors (Lipinski definition) is 2. The first-order chi connectivity index (χ1) is 6.29. The molecule has 3 nitrogen and oxygen atoms in total. The maximum absolute atomic E-state index is 10.2. The van der Waals surface area contributed by atoms with Crippen molar-refractivity contribution in [3.63, 3.8) is 0 Å². The zero-order valence-electron chi connectivity index (χ0n) is 7.18. The number of ether oxygens (including phenoxy) is 1. The van der Waals surface area contributed by atoms with Crippen LogP contribution in [-0.4, -0.2) is 21.1 Å². The second kappa shape index (κ2) is 5.85. The van der Waals surface area contributed by atoms with Crippen LogP contribution in [-0.2, 0) is 22.4 Å². The van der Waals surface area contributed by atoms with E-state index in [1.54, 1.807) is 0 Å². The number of hydrogen-bond donors (Lipinski definition) is 1. The van der Waals surface area contributed by atoms with E-state index < -0.39 is 11.1 Å². The van der Waals surface area contributed by atoms with Crippen LogP contribution in [0, 0.1) is 0 Å². The fourth-order valence-corrected chi connectivity index (χ4v) is 1.15. The Kier molecular flexibility index (Phi) is 4.67. The lowest BCUT2D eigenvalue weighted by Gasteiger charge is -2.01. The van der Waals surface area contributed by atoms with E-state index in [9.17, 15) is 4.21 Å². The van der Waals surface area contributed by atoms with Crippen molar-refractivity contribution in [3.05, 3.63) is 35.9 Å². The monoisotopic (exact) mass is 200 g/mol. The summed E-state index contributed by atoms with van der Waals surface area (Å²) in [4.78, 5) is 0. The van der Waals surface area contributed by atoms with Gasteiger partial charge in [0, 0.05) is 0 Å². The van der Waals surface area contributed by atoms with Gasteiger partial charge in [0.25, 0.3) is 0 Å². The molecule has 72 valence electrons. The molecule has 0 aliphatic carbocycles. The van der Waals surface area contributed by atoms with Crippen LogP contribution < -0.4 is 0 Å². The molecule has 0 aromatic heterocycles. The fraction of sp³-hybridized carbons (Fsp3) is 0.333. The molecule has 1 N–H and O–H groups in total. The largest absolute Gasteiger partial charge is 0.376 e. The third-order valence-electron chi connectivity index (χ3n) is 1.51. The van der Waals surface area contributed by atoms with Gasteiger partial charge < -0.3 is 9.29 Å². The van der Waals surface area contributed by atoms with Crippen molar-refractivity contribution in [1.82, 2.24) is 0 Å². The van der Waals surface area contributed by atoms with Gasteiger partial charge in [0.15, 0.2) is 11.1 Å². The molecular weight excluding hydrogens is 188 g/mol. The van der Waals surface area contributed by atoms with Gasteiger partial charge in [0.1, 0.15) is 0 Å². The van der Waals surface area contributed by atoms with Crippen LogP contribution in [0.2, 0.25) is 0 Å². The van der Waals surface area contributed by atoms with Crippen LogP contribution in [0.4, 0.5) is 0 Å². The molecule has 1 aromatic carbocycles. The molecule has 1 atom stereocenters. The van der Waals surface area contributed by atoms with E-state index in [1.807, 2.05) is 30.3 Å². The van der Waals surface area contributed by atoms with Crippen molar-refractivity contribution >= 4 is 11.1 Å². The highest BCUT2D eigenvalue weighted by molar-refractivity contribution is 7.79. The quantitative estimate of drug-likeness (QED) is 0.577. The minimum absolute atomic E-state index is 0.173. The Morgan fingerprint density at radius 1 is 1.31 bits per heavy atom. The van der Waals surface area contributed by atoms with Crippen LogP contribution in [0.25, 0.3) is 0 Å². The second-order valence-electron chi connectivity index (χ2n) is 2.56. The topological polar surface area (TPSA) is 46.5 Å². The molecule has 0 spiro atoms. The highest BCUT2D eigenvalue weighted by Gasteiger charge is 1.94. The van der Waals surface area contributed by atoms with E-state index in [2.05, 4.69) is 0 Å². The Balaban J connectivity index is 2.17. The molecule has 0 aliphatic heterocycles. The van der Waals surface area contributed by atoms with E-state index in [0.29, 0.717) is 13.2 Å². The molecule has 1 unspecified atom stereocenters. The Morgan fingerprint density at radius 2 is 2.00 bits per heavy atom. The third kappa shape index (κ3) is 4.77. The number of rotatable bonds is 5. The first-order valence-corrected chi connectivity index (χ1v) is 5.26. The first-order valence-electron chi connectivity index (χ1n) is 3.98. The predicted octanol–water partition coefficient (Wildman–Crippen LogP) is 1.42. The summed E-state index contributed by atoms with van der Waals surface area (Å²) in [7, 11) is 0. The van der Waals surface area contributed by atoms with Gasteiger partial charge in [-0.3, -0.25) is 0 Å². The van der Waals surface area contributed by atoms with Gasteiger partial charge in [-0.25, -0.2) is 4.21 Å². The van der Waals surface area contributed by atoms with E-state index in [-0.39, 0.29) is 5.75 Å². The highest BCUT2D eigenvalue weighted by Crippen LogP contribution is 1.99. The Hall–Kier alpha value is -0.710. The lowest BCUT2D eigenvalue weighted by molar-refractivity contribution is 0.135. The molecule has 1 rings (SSSR count). The standard InChI is InChI=1S/C9H12O3S/c10-13(11)7-6-12-8-9-4-2-1-3-5-9/h1-5H,6-8H2,(H,10,11). The molecule has 0 radical (unpaired) electrons. The van der Waals surface area contributed by atoms with Gasteiger partial charge in [0.2, 0.25) is 0 Å². The molecule has 0 saturated heterocycles. The molecular formula is C9H12O3S. The number of benzene rings is 1. The zero-order valence-corrected chi connectivity index (χ0v) is 8.00. The summed E-state index contributed by atoms with van der Waals surface area (Å²) in [5.41, 5.74) is 1.08. The van der Waals surface area contributed by atoms with Crippen molar-refractivity contribution < 1.29 is 13.5 Å². The van der Waals surface area contributed by atoms with Crippen LogP contribution in [0.3, 0.4) is 0 Å². The van der Waals surface area contributed by atoms with Crippen LogP contribution >= 0.6 is 0 Å². The molecule has 0 amide bonds. The zero-order chi connectivity index (χ0) is 9.52. The molecule has 0 fully saturated rings. The van der Waals surface area contributed by atoms with Crippen LogP contribution in [0.15, 0.2) is 30.3 Å². The maximum Gasteiger partial charge on any atom is 0.155 e. The third-order valence-corrected chi connectivity index (χ3v) is 2.03. The van der Waals surface area contributed by atoms with Crippen molar-refractivity contribution in [2.75, 3.05) is 12.4 Å². The Morgan fingerprint density at radius 3 is 2.62 bits per heavy atom. The smallest absolute Gasteiger partial charge is 0.155 e. The summed E-state index contributed by atoms with van der Waals surface area (Å²) in [6, 6.07) is 9.71. The molecule has 0 aliphatic rings. The fourth-order valence-electron chi connectivity index (χ4n) is 0.894. The van der Waals surface area contributed by atoms with Crippen LogP contribution in [0.1, 0.15) is 5.56 Å². The average Bonchev–Trinajstić information content (AvgIpc) is 2.14. The lowest BCUT2D eigenvalue weighted by Crippen LogP contribution is -2.04. The Labute approximate surface area is 80.0 Å². The molecule has 0 heterocycles. The van der Waals surface area contributed by atoms with E-state index in [4.69, 9.17) is 9.29 Å². The van der Waals surface area contributed by atoms with E-state index in [1.165, 1.54) is 0 Å². The van der Waals surface area contributed by atoms with Gasteiger partial charge in [-0.1, -0.05) is 30.3 Å². The van der Waals surface area contributed by atoms with Gasteiger partial charge in [-0.2, -0.15) is 0 Å². The molecule has 1 aromatic rings. The van der Waals surface area contributed by atoms with Gasteiger partial charge >= 0.3 is 0 Å². The van der Waals surface area contributed by atoms with Crippen molar-refractivity contribution in [2.24, 2.45) is 0 Å². The van der Waals surface area contributed by atoms with E-state index in [0.717, 1.165) is 5.56 Å². The SMILES string of the molecule is O=S(O)CCOCc1ccccc1. The van der Waals surface area contributed by atoms with E-state index >= 15 is 0 Å². The summed E-state index contributed by atoms with van der Waals surface area (Å²) >= 11 is -1.75. The summed E-state index contributed by atoms with van der Waals surface area (Å²) < 4.78 is 23.9. The van der Waals surface area contributed by atoms with Crippen molar-refractivity contribution in [1.29, 1.82) is 0 Å². The minimum Gasteiger partial charge on any atom is -0.376 e. The summed E-state index contributed by atoms with van der Waals surface area (Å²) in [5, 5.41) is 0. The summed E-state index contributed by atoms with van der Waals surface area (Å²) in [6.07, 6.45) is 0. The summed E-state index contributed by atoms with van der Waals surface area (Å²) in [5.74, 6) is 0.173. The molecule has 0 saturated carbocycles. The van der Waals surface area contributed by atoms with Gasteiger partial charge in [-0.15, -0.1) is 0 Å². The first kappa shape index (κ1) is 10.4. The average molecular weight is 200 g/mol. The van der Waals surface area contributed by atoms with Crippen molar-refractivity contribution in [3.8, 4) is 0 Å². The Bertz CT molecular complexity index is 261. The second-order valence-corrected chi connectivity index (χ2v) is 3.62. The summed E-state index contributed by atoms with van der Waals surface area (Å²) in [6.45, 7) is 0.816. The highest BCUT2D eigenvalue weighted by atomic mass is 32.2. The minimum atomic E-state index is -1.75. The van der Waals surface area contributed by atoms with Crippen LogP contribution in [0.5, 0.6) is 0 Å². The normalized spacial score (nSPS) is 12.7. The van der Waals surface area contributed by atoms with Gasteiger partial charge in [0.05, 0.1) is 19.0 Å². The molecule has 13 heavy (non-hydrogen) atoms. The molecule has 4 heteroatoms. The van der Waals surface area contributed by atoms with Crippen molar-refractivity contribution in [2.45, 2.75) is 6.61 Å². The van der Waals surface area contributed by atoms with Gasteiger partial charge in [-0.05, 0) is 5.56 Å². The maximum atomic E-state index is 10.2. The lowest BCUT2D eigenvalue weighted by atomic mass is 10.2. The predicted molar refractivity (Wildman–Crippen MR) is 51.7 cm³/mol.